The lowest BCUT2D eigenvalue weighted by Crippen LogP contribution is -2.14. The maximum atomic E-state index is 5.83. The third-order valence-electron chi connectivity index (χ3n) is 4.15. The smallest absolute Gasteiger partial charge is 0.0493 e. The molecule has 1 unspecified atom stereocenters. The van der Waals surface area contributed by atoms with Crippen LogP contribution < -0.4 is 5.73 Å². The Kier molecular flexibility index (Phi) is 4.07. The zero-order valence-corrected chi connectivity index (χ0v) is 12.5. The summed E-state index contributed by atoms with van der Waals surface area (Å²) >= 11 is 0. The van der Waals surface area contributed by atoms with E-state index in [1.165, 1.54) is 22.2 Å². The average molecular weight is 278 g/mol. The molecule has 2 heteroatoms. The lowest BCUT2D eigenvalue weighted by atomic mass is 10.1. The zero-order valence-electron chi connectivity index (χ0n) is 12.5. The highest BCUT2D eigenvalue weighted by atomic mass is 15.0. The van der Waals surface area contributed by atoms with Gasteiger partial charge in [0.05, 0.1) is 0 Å². The van der Waals surface area contributed by atoms with Gasteiger partial charge in [0, 0.05) is 22.6 Å². The first-order valence-electron chi connectivity index (χ1n) is 7.70. The van der Waals surface area contributed by atoms with Crippen LogP contribution in [0.5, 0.6) is 0 Å². The van der Waals surface area contributed by atoms with Crippen molar-refractivity contribution in [3.63, 3.8) is 0 Å². The number of hydrogen-bond donors (Lipinski definition) is 1. The summed E-state index contributed by atoms with van der Waals surface area (Å²) in [5, 5.41) is 1.30. The van der Waals surface area contributed by atoms with E-state index in [0.29, 0.717) is 6.04 Å². The second kappa shape index (κ2) is 6.15. The quantitative estimate of drug-likeness (QED) is 0.726. The molecule has 108 valence electrons. The Balaban J connectivity index is 2.23. The van der Waals surface area contributed by atoms with Crippen molar-refractivity contribution < 1.29 is 0 Å². The van der Waals surface area contributed by atoms with Gasteiger partial charge in [-0.25, -0.2) is 0 Å². The molecule has 0 aliphatic rings. The van der Waals surface area contributed by atoms with Crippen LogP contribution in [0.25, 0.3) is 22.2 Å². The van der Waals surface area contributed by atoms with E-state index in [1.807, 2.05) is 0 Å². The summed E-state index contributed by atoms with van der Waals surface area (Å²) in [4.78, 5) is 0. The van der Waals surface area contributed by atoms with Crippen LogP contribution in [-0.2, 0) is 0 Å². The van der Waals surface area contributed by atoms with Crippen LogP contribution >= 0.6 is 0 Å². The lowest BCUT2D eigenvalue weighted by molar-refractivity contribution is 0.475. The Hall–Kier alpha value is -2.06. The van der Waals surface area contributed by atoms with Gasteiger partial charge in [0.1, 0.15) is 0 Å². The number of nitrogens with zero attached hydrogens (tertiary/aromatic N) is 1. The van der Waals surface area contributed by atoms with Gasteiger partial charge >= 0.3 is 0 Å². The number of hydrogen-bond acceptors (Lipinski definition) is 1. The van der Waals surface area contributed by atoms with Crippen LogP contribution in [0.3, 0.4) is 0 Å². The number of aromatic nitrogens is 1. The van der Waals surface area contributed by atoms with Crippen LogP contribution in [0.15, 0.2) is 60.7 Å². The Morgan fingerprint density at radius 2 is 1.71 bits per heavy atom. The summed E-state index contributed by atoms with van der Waals surface area (Å²) in [7, 11) is 0. The summed E-state index contributed by atoms with van der Waals surface area (Å²) in [5.74, 6) is 0. The maximum absolute atomic E-state index is 5.83. The fourth-order valence-electron chi connectivity index (χ4n) is 3.11. The van der Waals surface area contributed by atoms with Crippen LogP contribution in [0.1, 0.15) is 25.8 Å². The molecule has 1 aromatic heterocycles. The largest absolute Gasteiger partial charge is 0.337 e. The van der Waals surface area contributed by atoms with Crippen molar-refractivity contribution in [1.82, 2.24) is 4.57 Å². The van der Waals surface area contributed by atoms with Gasteiger partial charge in [-0.15, -0.1) is 0 Å². The minimum atomic E-state index is 0.449. The molecule has 0 radical (unpaired) electrons. The predicted octanol–water partition coefficient (Wildman–Crippen LogP) is 4.61. The minimum absolute atomic E-state index is 0.449. The number of fused-ring (bicyclic) bond motifs is 1. The Morgan fingerprint density at radius 1 is 1.00 bits per heavy atom. The second-order valence-corrected chi connectivity index (χ2v) is 5.46. The van der Waals surface area contributed by atoms with E-state index in [-0.39, 0.29) is 0 Å². The van der Waals surface area contributed by atoms with Gasteiger partial charge in [0.2, 0.25) is 0 Å². The molecule has 21 heavy (non-hydrogen) atoms. The van der Waals surface area contributed by atoms with E-state index in [1.54, 1.807) is 0 Å². The normalized spacial score (nSPS) is 12.7. The van der Waals surface area contributed by atoms with Crippen molar-refractivity contribution in [1.29, 1.82) is 0 Å². The molecular weight excluding hydrogens is 256 g/mol. The Labute approximate surface area is 126 Å². The highest BCUT2D eigenvalue weighted by molar-refractivity contribution is 5.87. The number of para-hydroxylation sites is 1. The Morgan fingerprint density at radius 3 is 2.43 bits per heavy atom. The molecule has 2 nitrogen and oxygen atoms in total. The highest BCUT2D eigenvalue weighted by Crippen LogP contribution is 2.33. The SMILES string of the molecule is CCC(CCN)n1c(-c2ccccc2)cc2ccccc21. The summed E-state index contributed by atoms with van der Waals surface area (Å²) in [6.07, 6.45) is 2.10. The fourth-order valence-corrected chi connectivity index (χ4v) is 3.11. The molecule has 0 fully saturated rings. The van der Waals surface area contributed by atoms with Crippen LogP contribution in [0.2, 0.25) is 0 Å². The van der Waals surface area contributed by atoms with E-state index in [2.05, 4.69) is 72.2 Å². The van der Waals surface area contributed by atoms with E-state index in [0.717, 1.165) is 19.4 Å². The molecule has 0 aliphatic heterocycles. The van der Waals surface area contributed by atoms with Gasteiger partial charge in [-0.05, 0) is 37.1 Å². The summed E-state index contributed by atoms with van der Waals surface area (Å²) in [6.45, 7) is 2.96. The fraction of sp³-hybridized carbons (Fsp3) is 0.263. The van der Waals surface area contributed by atoms with Crippen molar-refractivity contribution in [3.05, 3.63) is 60.7 Å². The molecule has 0 bridgehead atoms. The first-order valence-corrected chi connectivity index (χ1v) is 7.70. The van der Waals surface area contributed by atoms with Crippen LogP contribution in [0, 0.1) is 0 Å². The van der Waals surface area contributed by atoms with Crippen molar-refractivity contribution >= 4 is 10.9 Å². The molecule has 2 N–H and O–H groups in total. The standard InChI is InChI=1S/C19H22N2/c1-2-17(12-13-20)21-18-11-7-6-10-16(18)14-19(21)15-8-4-3-5-9-15/h3-11,14,17H,2,12-13,20H2,1H3. The van der Waals surface area contributed by atoms with Crippen molar-refractivity contribution in [2.75, 3.05) is 6.54 Å². The summed E-state index contributed by atoms with van der Waals surface area (Å²) in [6, 6.07) is 22.0. The monoisotopic (exact) mass is 278 g/mol. The second-order valence-electron chi connectivity index (χ2n) is 5.46. The molecular formula is C19H22N2. The van der Waals surface area contributed by atoms with E-state index in [9.17, 15) is 0 Å². The molecule has 3 aromatic rings. The maximum Gasteiger partial charge on any atom is 0.0493 e. The molecule has 1 atom stereocenters. The predicted molar refractivity (Wildman–Crippen MR) is 90.4 cm³/mol. The molecule has 1 heterocycles. The average Bonchev–Trinajstić information content (AvgIpc) is 2.93. The van der Waals surface area contributed by atoms with Crippen molar-refractivity contribution in [3.8, 4) is 11.3 Å². The summed E-state index contributed by atoms with van der Waals surface area (Å²) in [5.41, 5.74) is 9.69. The third kappa shape index (κ3) is 2.59. The van der Waals surface area contributed by atoms with Gasteiger partial charge in [0.25, 0.3) is 0 Å². The van der Waals surface area contributed by atoms with Gasteiger partial charge in [-0.1, -0.05) is 55.5 Å². The van der Waals surface area contributed by atoms with Crippen molar-refractivity contribution in [2.24, 2.45) is 5.73 Å². The molecule has 0 amide bonds. The third-order valence-corrected chi connectivity index (χ3v) is 4.15. The molecule has 3 rings (SSSR count). The van der Waals surface area contributed by atoms with Gasteiger partial charge < -0.3 is 10.3 Å². The number of rotatable bonds is 5. The van der Waals surface area contributed by atoms with E-state index < -0.39 is 0 Å². The lowest BCUT2D eigenvalue weighted by Gasteiger charge is -2.21. The minimum Gasteiger partial charge on any atom is -0.337 e. The Bertz CT molecular complexity index is 713. The number of benzene rings is 2. The molecule has 0 saturated heterocycles. The van der Waals surface area contributed by atoms with E-state index >= 15 is 0 Å². The molecule has 0 spiro atoms. The first-order chi connectivity index (χ1) is 10.3. The van der Waals surface area contributed by atoms with Crippen LogP contribution in [0.4, 0.5) is 0 Å². The zero-order chi connectivity index (χ0) is 14.7. The van der Waals surface area contributed by atoms with E-state index in [4.69, 9.17) is 5.73 Å². The van der Waals surface area contributed by atoms with Gasteiger partial charge in [0.15, 0.2) is 0 Å². The number of nitrogens with two attached hydrogens (primary N) is 1. The summed E-state index contributed by atoms with van der Waals surface area (Å²) < 4.78 is 2.47. The topological polar surface area (TPSA) is 30.9 Å². The molecule has 0 aliphatic carbocycles. The van der Waals surface area contributed by atoms with Gasteiger partial charge in [-0.3, -0.25) is 0 Å². The first kappa shape index (κ1) is 13.9. The van der Waals surface area contributed by atoms with Crippen molar-refractivity contribution in [2.45, 2.75) is 25.8 Å². The van der Waals surface area contributed by atoms with Crippen LogP contribution in [-0.4, -0.2) is 11.1 Å². The molecule has 2 aromatic carbocycles. The van der Waals surface area contributed by atoms with Gasteiger partial charge in [-0.2, -0.15) is 0 Å². The highest BCUT2D eigenvalue weighted by Gasteiger charge is 2.16. The molecule has 0 saturated carbocycles.